The molecule has 0 amide bonds. The van der Waals surface area contributed by atoms with E-state index >= 15 is 0 Å². The Morgan fingerprint density at radius 2 is 1.07 bits per heavy atom. The quantitative estimate of drug-likeness (QED) is 0.343. The molecule has 3 heterocycles. The van der Waals surface area contributed by atoms with Crippen molar-refractivity contribution in [1.29, 1.82) is 0 Å². The van der Waals surface area contributed by atoms with Gasteiger partial charge in [0.05, 0.1) is 0 Å². The van der Waals surface area contributed by atoms with Gasteiger partial charge in [0, 0.05) is 0 Å². The second-order valence-corrected chi connectivity index (χ2v) is 3.51. The van der Waals surface area contributed by atoms with Crippen molar-refractivity contribution in [3.63, 3.8) is 0 Å². The SMILES string of the molecule is O=C1OC(=O)[C@H]2O[C@H]3C(=O)OC(=O)[C@H]3[C@H]12. The van der Waals surface area contributed by atoms with Crippen LogP contribution in [0.1, 0.15) is 0 Å². The van der Waals surface area contributed by atoms with E-state index in [4.69, 9.17) is 4.74 Å². The Balaban J connectivity index is 2.03. The predicted molar refractivity (Wildman–Crippen MR) is 37.8 cm³/mol. The standard InChI is InChI=1S/C8H4O7/c9-5-1-2-4(8(12)15-6(2)10)13-3(1)7(11)14-5/h1-4H/t1-,2-,3-,4+/m0/s1. The molecular formula is C8H4O7. The van der Waals surface area contributed by atoms with Gasteiger partial charge >= 0.3 is 23.9 Å². The molecule has 3 saturated heterocycles. The average molecular weight is 212 g/mol. The van der Waals surface area contributed by atoms with Gasteiger partial charge in [0.2, 0.25) is 0 Å². The molecule has 0 saturated carbocycles. The van der Waals surface area contributed by atoms with E-state index in [0.717, 1.165) is 0 Å². The van der Waals surface area contributed by atoms with Gasteiger partial charge in [-0.05, 0) is 0 Å². The van der Waals surface area contributed by atoms with E-state index in [1.807, 2.05) is 0 Å². The van der Waals surface area contributed by atoms with Crippen LogP contribution in [0.5, 0.6) is 0 Å². The Bertz CT molecular complexity index is 373. The first-order chi connectivity index (χ1) is 7.09. The Kier molecular flexibility index (Phi) is 1.38. The van der Waals surface area contributed by atoms with E-state index in [1.54, 1.807) is 0 Å². The van der Waals surface area contributed by atoms with Gasteiger partial charge in [0.1, 0.15) is 11.8 Å². The average Bonchev–Trinajstić information content (AvgIpc) is 2.72. The molecule has 0 aromatic carbocycles. The monoisotopic (exact) mass is 212 g/mol. The van der Waals surface area contributed by atoms with Gasteiger partial charge in [0.25, 0.3) is 0 Å². The second-order valence-electron chi connectivity index (χ2n) is 3.51. The highest BCUT2D eigenvalue weighted by atomic mass is 16.7. The molecule has 3 fully saturated rings. The van der Waals surface area contributed by atoms with Crippen molar-refractivity contribution in [1.82, 2.24) is 0 Å². The van der Waals surface area contributed by atoms with E-state index < -0.39 is 47.9 Å². The smallest absolute Gasteiger partial charge is 0.343 e. The maximum absolute atomic E-state index is 11.2. The number of carbonyl (C=O) groups is 4. The highest BCUT2D eigenvalue weighted by Gasteiger charge is 2.66. The fraction of sp³-hybridized carbons (Fsp3) is 0.500. The third kappa shape index (κ3) is 0.878. The van der Waals surface area contributed by atoms with Gasteiger partial charge < -0.3 is 14.2 Å². The molecule has 0 unspecified atom stereocenters. The van der Waals surface area contributed by atoms with Crippen LogP contribution in [0, 0.1) is 11.8 Å². The summed E-state index contributed by atoms with van der Waals surface area (Å²) in [7, 11) is 0. The molecule has 3 aliphatic rings. The number of ether oxygens (including phenoxy) is 3. The van der Waals surface area contributed by atoms with Crippen LogP contribution in [0.3, 0.4) is 0 Å². The summed E-state index contributed by atoms with van der Waals surface area (Å²) in [5, 5.41) is 0. The normalized spacial score (nSPS) is 42.7. The molecule has 3 rings (SSSR count). The Labute approximate surface area is 82.3 Å². The zero-order chi connectivity index (χ0) is 10.7. The van der Waals surface area contributed by atoms with Gasteiger partial charge in [-0.25, -0.2) is 9.59 Å². The maximum atomic E-state index is 11.2. The second kappa shape index (κ2) is 2.43. The maximum Gasteiger partial charge on any atom is 0.343 e. The summed E-state index contributed by atoms with van der Waals surface area (Å²) in [6, 6.07) is 0. The van der Waals surface area contributed by atoms with Gasteiger partial charge in [-0.3, -0.25) is 9.59 Å². The molecule has 78 valence electrons. The minimum absolute atomic E-state index is 0.829. The van der Waals surface area contributed by atoms with E-state index in [-0.39, 0.29) is 0 Å². The number of rotatable bonds is 0. The van der Waals surface area contributed by atoms with E-state index in [2.05, 4.69) is 9.47 Å². The van der Waals surface area contributed by atoms with Gasteiger partial charge in [0.15, 0.2) is 12.2 Å². The van der Waals surface area contributed by atoms with Crippen LogP contribution in [0.4, 0.5) is 0 Å². The zero-order valence-electron chi connectivity index (χ0n) is 7.17. The predicted octanol–water partition coefficient (Wildman–Crippen LogP) is -1.85. The molecule has 0 aromatic rings. The van der Waals surface area contributed by atoms with E-state index in [9.17, 15) is 19.2 Å². The highest BCUT2D eigenvalue weighted by molar-refractivity contribution is 6.07. The third-order valence-electron chi connectivity index (χ3n) is 2.74. The first-order valence-electron chi connectivity index (χ1n) is 4.26. The third-order valence-corrected chi connectivity index (χ3v) is 2.74. The van der Waals surface area contributed by atoms with Crippen molar-refractivity contribution >= 4 is 23.9 Å². The zero-order valence-corrected chi connectivity index (χ0v) is 7.17. The summed E-state index contributed by atoms with van der Waals surface area (Å²) in [5.74, 6) is -5.41. The summed E-state index contributed by atoms with van der Waals surface area (Å²) in [5.41, 5.74) is 0. The molecule has 0 radical (unpaired) electrons. The molecule has 0 aromatic heterocycles. The minimum Gasteiger partial charge on any atom is -0.391 e. The number of cyclic esters (lactones) is 4. The van der Waals surface area contributed by atoms with Gasteiger partial charge in [-0.15, -0.1) is 0 Å². The van der Waals surface area contributed by atoms with Crippen LogP contribution in [0.2, 0.25) is 0 Å². The summed E-state index contributed by atoms with van der Waals surface area (Å²) in [6.45, 7) is 0. The lowest BCUT2D eigenvalue weighted by molar-refractivity contribution is -0.160. The largest absolute Gasteiger partial charge is 0.391 e. The Morgan fingerprint density at radius 1 is 0.667 bits per heavy atom. The fourth-order valence-corrected chi connectivity index (χ4v) is 2.10. The minimum atomic E-state index is -1.13. The molecule has 7 nitrogen and oxygen atoms in total. The van der Waals surface area contributed by atoms with Crippen molar-refractivity contribution in [2.75, 3.05) is 0 Å². The fourth-order valence-electron chi connectivity index (χ4n) is 2.10. The summed E-state index contributed by atoms with van der Waals surface area (Å²) in [4.78, 5) is 44.6. The van der Waals surface area contributed by atoms with Crippen molar-refractivity contribution in [3.05, 3.63) is 0 Å². The number of esters is 4. The topological polar surface area (TPSA) is 96.0 Å². The number of carbonyl (C=O) groups excluding carboxylic acids is 4. The van der Waals surface area contributed by atoms with Crippen molar-refractivity contribution in [2.45, 2.75) is 12.2 Å². The number of fused-ring (bicyclic) bond motifs is 3. The molecule has 0 N–H and O–H groups in total. The molecule has 0 bridgehead atoms. The molecule has 0 spiro atoms. The van der Waals surface area contributed by atoms with Crippen LogP contribution < -0.4 is 0 Å². The Hall–Kier alpha value is -1.76. The van der Waals surface area contributed by atoms with Crippen LogP contribution >= 0.6 is 0 Å². The van der Waals surface area contributed by atoms with Gasteiger partial charge in [-0.1, -0.05) is 0 Å². The van der Waals surface area contributed by atoms with Crippen molar-refractivity contribution < 1.29 is 33.4 Å². The van der Waals surface area contributed by atoms with Crippen LogP contribution in [0.25, 0.3) is 0 Å². The summed E-state index contributed by atoms with van der Waals surface area (Å²) >= 11 is 0. The van der Waals surface area contributed by atoms with E-state index in [1.165, 1.54) is 0 Å². The van der Waals surface area contributed by atoms with Crippen LogP contribution in [-0.4, -0.2) is 36.1 Å². The van der Waals surface area contributed by atoms with Crippen molar-refractivity contribution in [3.8, 4) is 0 Å². The van der Waals surface area contributed by atoms with Crippen LogP contribution in [-0.2, 0) is 33.4 Å². The molecule has 0 aliphatic carbocycles. The number of hydrogen-bond donors (Lipinski definition) is 0. The van der Waals surface area contributed by atoms with Gasteiger partial charge in [-0.2, -0.15) is 0 Å². The molecule has 7 heteroatoms. The molecule has 15 heavy (non-hydrogen) atoms. The molecule has 4 atom stereocenters. The lowest BCUT2D eigenvalue weighted by Crippen LogP contribution is -2.27. The number of hydrogen-bond acceptors (Lipinski definition) is 7. The highest BCUT2D eigenvalue weighted by Crippen LogP contribution is 2.42. The molecule has 3 aliphatic heterocycles. The molecular weight excluding hydrogens is 208 g/mol. The summed E-state index contributed by atoms with van der Waals surface area (Å²) < 4.78 is 13.6. The first kappa shape index (κ1) is 8.54. The Morgan fingerprint density at radius 3 is 1.47 bits per heavy atom. The summed E-state index contributed by atoms with van der Waals surface area (Å²) in [6.07, 6.45) is -2.27. The lowest BCUT2D eigenvalue weighted by Gasteiger charge is -2.03. The first-order valence-corrected chi connectivity index (χ1v) is 4.26. The van der Waals surface area contributed by atoms with Crippen LogP contribution in [0.15, 0.2) is 0 Å². The lowest BCUT2D eigenvalue weighted by atomic mass is 9.90. The van der Waals surface area contributed by atoms with E-state index in [0.29, 0.717) is 0 Å². The van der Waals surface area contributed by atoms with Crippen molar-refractivity contribution in [2.24, 2.45) is 11.8 Å².